The number of aryl methyl sites for hydroxylation is 1. The number of nitrogens with two attached hydrogens (primary N) is 1. The van der Waals surface area contributed by atoms with Crippen LogP contribution in [-0.2, 0) is 11.2 Å². The minimum atomic E-state index is 0.192. The van der Waals surface area contributed by atoms with Crippen LogP contribution in [0.3, 0.4) is 0 Å². The van der Waals surface area contributed by atoms with Gasteiger partial charge in [-0.25, -0.2) is 0 Å². The molecule has 21 heavy (non-hydrogen) atoms. The molecule has 1 aliphatic carbocycles. The number of amides is 1. The van der Waals surface area contributed by atoms with E-state index in [-0.39, 0.29) is 12.0 Å². The van der Waals surface area contributed by atoms with Crippen LogP contribution in [0.5, 0.6) is 0 Å². The lowest BCUT2D eigenvalue weighted by molar-refractivity contribution is -0.136. The zero-order valence-electron chi connectivity index (χ0n) is 12.7. The second-order valence-corrected chi connectivity index (χ2v) is 6.62. The monoisotopic (exact) mass is 286 g/mol. The molecule has 0 aromatic heterocycles. The SMILES string of the molecule is N[C@@H]1CC[C@H](C(=O)N2CCC[C@H]2CCc2ccccc2)C1. The van der Waals surface area contributed by atoms with Crippen molar-refractivity contribution in [3.05, 3.63) is 35.9 Å². The molecule has 3 nitrogen and oxygen atoms in total. The third-order valence-electron chi connectivity index (χ3n) is 5.09. The van der Waals surface area contributed by atoms with E-state index in [1.807, 2.05) is 0 Å². The minimum absolute atomic E-state index is 0.192. The summed E-state index contributed by atoms with van der Waals surface area (Å²) in [4.78, 5) is 14.8. The number of carbonyl (C=O) groups is 1. The van der Waals surface area contributed by atoms with Crippen molar-refractivity contribution >= 4 is 5.91 Å². The first-order chi connectivity index (χ1) is 10.2. The summed E-state index contributed by atoms with van der Waals surface area (Å²) in [5.41, 5.74) is 7.33. The second-order valence-electron chi connectivity index (χ2n) is 6.62. The van der Waals surface area contributed by atoms with Gasteiger partial charge in [0.2, 0.25) is 5.91 Å². The van der Waals surface area contributed by atoms with Crippen LogP contribution >= 0.6 is 0 Å². The summed E-state index contributed by atoms with van der Waals surface area (Å²) < 4.78 is 0. The molecule has 0 spiro atoms. The highest BCUT2D eigenvalue weighted by molar-refractivity contribution is 5.79. The van der Waals surface area contributed by atoms with Gasteiger partial charge in [-0.2, -0.15) is 0 Å². The molecule has 3 heteroatoms. The lowest BCUT2D eigenvalue weighted by Gasteiger charge is -2.27. The maximum atomic E-state index is 12.7. The highest BCUT2D eigenvalue weighted by atomic mass is 16.2. The molecule has 3 atom stereocenters. The maximum absolute atomic E-state index is 12.7. The lowest BCUT2D eigenvalue weighted by Crippen LogP contribution is -2.39. The topological polar surface area (TPSA) is 46.3 Å². The minimum Gasteiger partial charge on any atom is -0.339 e. The summed E-state index contributed by atoms with van der Waals surface area (Å²) in [5.74, 6) is 0.566. The maximum Gasteiger partial charge on any atom is 0.225 e. The normalized spacial score (nSPS) is 29.0. The van der Waals surface area contributed by atoms with Crippen LogP contribution in [0.1, 0.15) is 44.1 Å². The van der Waals surface area contributed by atoms with Crippen molar-refractivity contribution < 1.29 is 4.79 Å². The Labute approximate surface area is 127 Å². The van der Waals surface area contributed by atoms with Gasteiger partial charge in [0.05, 0.1) is 0 Å². The molecule has 114 valence electrons. The third-order valence-corrected chi connectivity index (χ3v) is 5.09. The summed E-state index contributed by atoms with van der Waals surface area (Å²) in [7, 11) is 0. The fraction of sp³-hybridized carbons (Fsp3) is 0.611. The molecule has 0 radical (unpaired) electrons. The van der Waals surface area contributed by atoms with Crippen molar-refractivity contribution in [1.29, 1.82) is 0 Å². The Morgan fingerprint density at radius 2 is 2.00 bits per heavy atom. The van der Waals surface area contributed by atoms with Crippen LogP contribution in [0.2, 0.25) is 0 Å². The first-order valence-corrected chi connectivity index (χ1v) is 8.34. The van der Waals surface area contributed by atoms with Crippen LogP contribution in [0.25, 0.3) is 0 Å². The van der Waals surface area contributed by atoms with E-state index in [2.05, 4.69) is 35.2 Å². The lowest BCUT2D eigenvalue weighted by atomic mass is 10.0. The molecule has 0 bridgehead atoms. The van der Waals surface area contributed by atoms with E-state index < -0.39 is 0 Å². The first kappa shape index (κ1) is 14.6. The fourth-order valence-electron chi connectivity index (χ4n) is 3.88. The van der Waals surface area contributed by atoms with Gasteiger partial charge in [0.15, 0.2) is 0 Å². The molecule has 2 N–H and O–H groups in total. The van der Waals surface area contributed by atoms with E-state index in [1.165, 1.54) is 5.56 Å². The number of carbonyl (C=O) groups excluding carboxylic acids is 1. The molecule has 2 fully saturated rings. The van der Waals surface area contributed by atoms with Gasteiger partial charge in [-0.1, -0.05) is 30.3 Å². The Morgan fingerprint density at radius 1 is 1.19 bits per heavy atom. The quantitative estimate of drug-likeness (QED) is 0.925. The molecule has 0 unspecified atom stereocenters. The van der Waals surface area contributed by atoms with Gasteiger partial charge in [0, 0.05) is 24.5 Å². The molecular weight excluding hydrogens is 260 g/mol. The van der Waals surface area contributed by atoms with Crippen molar-refractivity contribution in [2.24, 2.45) is 11.7 Å². The van der Waals surface area contributed by atoms with E-state index in [1.54, 1.807) is 0 Å². The molecule has 2 aliphatic rings. The Kier molecular flexibility index (Phi) is 4.59. The van der Waals surface area contributed by atoms with E-state index in [9.17, 15) is 4.79 Å². The molecule has 1 saturated carbocycles. The number of benzene rings is 1. The van der Waals surface area contributed by atoms with Crippen LogP contribution in [0.4, 0.5) is 0 Å². The molecule has 1 saturated heterocycles. The van der Waals surface area contributed by atoms with Gasteiger partial charge in [-0.3, -0.25) is 4.79 Å². The summed E-state index contributed by atoms with van der Waals surface area (Å²) in [6.45, 7) is 0.948. The van der Waals surface area contributed by atoms with Gasteiger partial charge in [-0.05, 0) is 50.5 Å². The van der Waals surface area contributed by atoms with Crippen LogP contribution in [0.15, 0.2) is 30.3 Å². The largest absolute Gasteiger partial charge is 0.339 e. The highest BCUT2D eigenvalue weighted by Gasteiger charge is 2.35. The van der Waals surface area contributed by atoms with Crippen molar-refractivity contribution in [1.82, 2.24) is 4.90 Å². The van der Waals surface area contributed by atoms with E-state index in [0.717, 1.165) is 51.5 Å². The van der Waals surface area contributed by atoms with Gasteiger partial charge in [0.1, 0.15) is 0 Å². The van der Waals surface area contributed by atoms with E-state index >= 15 is 0 Å². The third kappa shape index (κ3) is 3.46. The molecular formula is C18H26N2O. The number of hydrogen-bond acceptors (Lipinski definition) is 2. The predicted molar refractivity (Wildman–Crippen MR) is 84.8 cm³/mol. The van der Waals surface area contributed by atoms with Crippen LogP contribution in [-0.4, -0.2) is 29.4 Å². The van der Waals surface area contributed by atoms with Gasteiger partial charge in [0.25, 0.3) is 0 Å². The van der Waals surface area contributed by atoms with Gasteiger partial charge in [-0.15, -0.1) is 0 Å². The second kappa shape index (κ2) is 6.61. The molecule has 1 aliphatic heterocycles. The molecule has 1 heterocycles. The average Bonchev–Trinajstić information content (AvgIpc) is 3.14. The Hall–Kier alpha value is -1.35. The standard InChI is InChI=1S/C18H26N2O/c19-16-10-9-15(13-16)18(21)20-12-4-7-17(20)11-8-14-5-2-1-3-6-14/h1-3,5-6,15-17H,4,7-13,19H2/t15-,16+,17-/m0/s1. The molecule has 3 rings (SSSR count). The Morgan fingerprint density at radius 3 is 2.71 bits per heavy atom. The smallest absolute Gasteiger partial charge is 0.225 e. The Bertz CT molecular complexity index is 473. The number of rotatable bonds is 4. The van der Waals surface area contributed by atoms with Gasteiger partial charge < -0.3 is 10.6 Å². The van der Waals surface area contributed by atoms with Gasteiger partial charge >= 0.3 is 0 Å². The highest BCUT2D eigenvalue weighted by Crippen LogP contribution is 2.30. The summed E-state index contributed by atoms with van der Waals surface area (Å²) >= 11 is 0. The van der Waals surface area contributed by atoms with Crippen LogP contribution in [0, 0.1) is 5.92 Å². The summed E-state index contributed by atoms with van der Waals surface area (Å²) in [6, 6.07) is 11.3. The Balaban J connectivity index is 1.56. The van der Waals surface area contributed by atoms with E-state index in [4.69, 9.17) is 5.73 Å². The average molecular weight is 286 g/mol. The molecule has 1 aromatic carbocycles. The molecule has 1 amide bonds. The van der Waals surface area contributed by atoms with Crippen LogP contribution < -0.4 is 5.73 Å². The zero-order valence-corrected chi connectivity index (χ0v) is 12.7. The number of nitrogens with zero attached hydrogens (tertiary/aromatic N) is 1. The van der Waals surface area contributed by atoms with Crippen molar-refractivity contribution in [3.8, 4) is 0 Å². The summed E-state index contributed by atoms with van der Waals surface area (Å²) in [5, 5.41) is 0. The fourth-order valence-corrected chi connectivity index (χ4v) is 3.88. The zero-order chi connectivity index (χ0) is 14.7. The molecule has 1 aromatic rings. The van der Waals surface area contributed by atoms with Crippen molar-refractivity contribution in [3.63, 3.8) is 0 Å². The predicted octanol–water partition coefficient (Wildman–Crippen LogP) is 2.74. The van der Waals surface area contributed by atoms with Crippen molar-refractivity contribution in [2.75, 3.05) is 6.54 Å². The summed E-state index contributed by atoms with van der Waals surface area (Å²) in [6.07, 6.45) is 7.37. The first-order valence-electron chi connectivity index (χ1n) is 8.34. The van der Waals surface area contributed by atoms with E-state index in [0.29, 0.717) is 11.9 Å². The number of likely N-dealkylation sites (tertiary alicyclic amines) is 1. The number of hydrogen-bond donors (Lipinski definition) is 1. The van der Waals surface area contributed by atoms with Crippen molar-refractivity contribution in [2.45, 2.75) is 57.0 Å².